The van der Waals surface area contributed by atoms with Crippen LogP contribution in [0.15, 0.2) is 53.8 Å². The van der Waals surface area contributed by atoms with Crippen LogP contribution < -0.4 is 15.0 Å². The Labute approximate surface area is 132 Å². The van der Waals surface area contributed by atoms with Gasteiger partial charge in [0.15, 0.2) is 0 Å². The summed E-state index contributed by atoms with van der Waals surface area (Å²) in [4.78, 5) is 24.4. The smallest absolute Gasteiger partial charge is 0.319 e. The monoisotopic (exact) mass is 310 g/mol. The van der Waals surface area contributed by atoms with E-state index in [2.05, 4.69) is 15.0 Å². The highest BCUT2D eigenvalue weighted by Crippen LogP contribution is 2.28. The molecular formula is C16H14N4O3. The molecular weight excluding hydrogens is 296 g/mol. The van der Waals surface area contributed by atoms with E-state index in [9.17, 15) is 4.79 Å². The molecule has 3 rings (SSSR count). The summed E-state index contributed by atoms with van der Waals surface area (Å²) >= 11 is 0. The number of hydrogen-bond donors (Lipinski definition) is 0. The van der Waals surface area contributed by atoms with Gasteiger partial charge in [0.1, 0.15) is 0 Å². The fraction of sp³-hybridized carbons (Fsp3) is 0.125. The molecule has 0 aliphatic rings. The van der Waals surface area contributed by atoms with Gasteiger partial charge in [-0.2, -0.15) is 4.98 Å². The van der Waals surface area contributed by atoms with Gasteiger partial charge in [0.2, 0.25) is 5.88 Å². The molecule has 0 amide bonds. The molecule has 0 aliphatic heterocycles. The first-order valence-corrected chi connectivity index (χ1v) is 6.81. The largest absolute Gasteiger partial charge is 0.480 e. The summed E-state index contributed by atoms with van der Waals surface area (Å²) in [5, 5.41) is 0. The number of hydrogen-bond acceptors (Lipinski definition) is 6. The van der Waals surface area contributed by atoms with E-state index in [0.717, 1.165) is 5.56 Å². The molecule has 0 aliphatic carbocycles. The number of pyridine rings is 2. The molecule has 3 aromatic rings. The summed E-state index contributed by atoms with van der Waals surface area (Å²) in [5.74, 6) is 0.369. The highest BCUT2D eigenvalue weighted by molar-refractivity contribution is 5.67. The minimum atomic E-state index is -0.157. The summed E-state index contributed by atoms with van der Waals surface area (Å²) in [5.41, 5.74) is 1.92. The van der Waals surface area contributed by atoms with Gasteiger partial charge >= 0.3 is 6.01 Å². The molecule has 0 fully saturated rings. The van der Waals surface area contributed by atoms with Gasteiger partial charge in [0.25, 0.3) is 5.56 Å². The van der Waals surface area contributed by atoms with E-state index >= 15 is 0 Å². The molecule has 0 aromatic carbocycles. The minimum Gasteiger partial charge on any atom is -0.480 e. The van der Waals surface area contributed by atoms with Crippen molar-refractivity contribution in [2.75, 3.05) is 14.2 Å². The van der Waals surface area contributed by atoms with Crippen LogP contribution in [-0.4, -0.2) is 33.7 Å². The van der Waals surface area contributed by atoms with E-state index in [4.69, 9.17) is 9.47 Å². The first kappa shape index (κ1) is 14.7. The summed E-state index contributed by atoms with van der Waals surface area (Å²) in [6.45, 7) is 0. The zero-order valence-electron chi connectivity index (χ0n) is 12.6. The highest BCUT2D eigenvalue weighted by Gasteiger charge is 2.12. The molecule has 0 saturated heterocycles. The lowest BCUT2D eigenvalue weighted by atomic mass is 10.1. The number of aromatic nitrogens is 4. The Morgan fingerprint density at radius 3 is 2.65 bits per heavy atom. The first-order valence-electron chi connectivity index (χ1n) is 6.81. The Bertz CT molecular complexity index is 878. The van der Waals surface area contributed by atoms with Crippen LogP contribution in [0.2, 0.25) is 0 Å². The van der Waals surface area contributed by atoms with Crippen LogP contribution in [0.25, 0.3) is 16.8 Å². The molecule has 0 N–H and O–H groups in total. The second-order valence-electron chi connectivity index (χ2n) is 4.62. The van der Waals surface area contributed by atoms with Crippen molar-refractivity contribution in [1.29, 1.82) is 0 Å². The van der Waals surface area contributed by atoms with Gasteiger partial charge in [0, 0.05) is 30.2 Å². The van der Waals surface area contributed by atoms with Crippen molar-refractivity contribution in [3.05, 3.63) is 59.4 Å². The van der Waals surface area contributed by atoms with Gasteiger partial charge < -0.3 is 9.47 Å². The Morgan fingerprint density at radius 1 is 1.09 bits per heavy atom. The third-order valence-corrected chi connectivity index (χ3v) is 3.25. The van der Waals surface area contributed by atoms with Crippen LogP contribution in [0, 0.1) is 0 Å². The van der Waals surface area contributed by atoms with Crippen molar-refractivity contribution in [1.82, 2.24) is 19.5 Å². The van der Waals surface area contributed by atoms with Gasteiger partial charge in [-0.3, -0.25) is 14.3 Å². The normalized spacial score (nSPS) is 10.3. The van der Waals surface area contributed by atoms with Gasteiger partial charge in [-0.1, -0.05) is 0 Å². The van der Waals surface area contributed by atoms with Crippen molar-refractivity contribution in [3.8, 4) is 28.7 Å². The van der Waals surface area contributed by atoms with E-state index in [0.29, 0.717) is 17.1 Å². The predicted octanol–water partition coefficient (Wildman–Crippen LogP) is 1.71. The molecule has 7 nitrogen and oxygen atoms in total. The van der Waals surface area contributed by atoms with E-state index in [1.54, 1.807) is 43.0 Å². The minimum absolute atomic E-state index is 0.157. The van der Waals surface area contributed by atoms with Crippen LogP contribution >= 0.6 is 0 Å². The van der Waals surface area contributed by atoms with Crippen LogP contribution in [-0.2, 0) is 0 Å². The lowest BCUT2D eigenvalue weighted by Crippen LogP contribution is -2.16. The van der Waals surface area contributed by atoms with Gasteiger partial charge in [0.05, 0.1) is 31.7 Å². The third kappa shape index (κ3) is 2.89. The van der Waals surface area contributed by atoms with Crippen molar-refractivity contribution >= 4 is 0 Å². The van der Waals surface area contributed by atoms with Gasteiger partial charge in [-0.15, -0.1) is 0 Å². The standard InChI is InChI=1S/C16H14N4O3/c1-22-15-13(9-18-16(19-15)23-2)11-5-6-14(21)20(10-11)12-4-3-7-17-8-12/h3-10H,1-2H3. The Balaban J connectivity index is 2.14. The molecule has 3 aromatic heterocycles. The van der Waals surface area contributed by atoms with E-state index in [1.807, 2.05) is 0 Å². The average molecular weight is 310 g/mol. The second-order valence-corrected chi connectivity index (χ2v) is 4.62. The van der Waals surface area contributed by atoms with Crippen LogP contribution in [0.4, 0.5) is 0 Å². The maximum Gasteiger partial charge on any atom is 0.319 e. The van der Waals surface area contributed by atoms with E-state index in [1.165, 1.54) is 24.9 Å². The summed E-state index contributed by atoms with van der Waals surface area (Å²) in [6.07, 6.45) is 6.57. The molecule has 0 spiro atoms. The maximum absolute atomic E-state index is 12.1. The maximum atomic E-state index is 12.1. The Hall–Kier alpha value is -3.22. The number of nitrogens with zero attached hydrogens (tertiary/aromatic N) is 4. The topological polar surface area (TPSA) is 79.1 Å². The summed E-state index contributed by atoms with van der Waals surface area (Å²) in [6, 6.07) is 6.96. The van der Waals surface area contributed by atoms with Crippen LogP contribution in [0.5, 0.6) is 11.9 Å². The lowest BCUT2D eigenvalue weighted by Gasteiger charge is -2.11. The fourth-order valence-electron chi connectivity index (χ4n) is 2.15. The Kier molecular flexibility index (Phi) is 4.01. The Morgan fingerprint density at radius 2 is 1.96 bits per heavy atom. The van der Waals surface area contributed by atoms with Crippen LogP contribution in [0.3, 0.4) is 0 Å². The molecule has 0 bridgehead atoms. The molecule has 0 saturated carbocycles. The SMILES string of the molecule is COc1ncc(-c2ccc(=O)n(-c3cccnc3)c2)c(OC)n1. The predicted molar refractivity (Wildman–Crippen MR) is 84.0 cm³/mol. The van der Waals surface area contributed by atoms with Gasteiger partial charge in [-0.25, -0.2) is 4.98 Å². The molecule has 0 radical (unpaired) electrons. The van der Waals surface area contributed by atoms with Crippen molar-refractivity contribution in [2.24, 2.45) is 0 Å². The zero-order chi connectivity index (χ0) is 16.2. The van der Waals surface area contributed by atoms with Crippen molar-refractivity contribution in [2.45, 2.75) is 0 Å². The molecule has 23 heavy (non-hydrogen) atoms. The summed E-state index contributed by atoms with van der Waals surface area (Å²) in [7, 11) is 3.00. The summed E-state index contributed by atoms with van der Waals surface area (Å²) < 4.78 is 11.8. The van der Waals surface area contributed by atoms with E-state index < -0.39 is 0 Å². The second kappa shape index (κ2) is 6.27. The zero-order valence-corrected chi connectivity index (χ0v) is 12.6. The highest BCUT2D eigenvalue weighted by atomic mass is 16.5. The molecule has 0 unspecified atom stereocenters. The number of methoxy groups -OCH3 is 2. The lowest BCUT2D eigenvalue weighted by molar-refractivity contribution is 0.353. The molecule has 116 valence electrons. The molecule has 0 atom stereocenters. The average Bonchev–Trinajstić information content (AvgIpc) is 2.62. The fourth-order valence-corrected chi connectivity index (χ4v) is 2.15. The van der Waals surface area contributed by atoms with Crippen molar-refractivity contribution < 1.29 is 9.47 Å². The number of ether oxygens (including phenoxy) is 2. The molecule has 3 heterocycles. The first-order chi connectivity index (χ1) is 11.2. The molecule has 7 heteroatoms. The van der Waals surface area contributed by atoms with Crippen LogP contribution in [0.1, 0.15) is 0 Å². The van der Waals surface area contributed by atoms with E-state index in [-0.39, 0.29) is 11.6 Å². The number of rotatable bonds is 4. The van der Waals surface area contributed by atoms with Crippen molar-refractivity contribution in [3.63, 3.8) is 0 Å². The third-order valence-electron chi connectivity index (χ3n) is 3.25. The quantitative estimate of drug-likeness (QED) is 0.730. The van der Waals surface area contributed by atoms with Gasteiger partial charge in [-0.05, 0) is 18.2 Å².